The van der Waals surface area contributed by atoms with Crippen molar-refractivity contribution in [2.75, 3.05) is 7.05 Å². The maximum Gasteiger partial charge on any atom is 0.0837 e. The standard InChI is InChI=1S/C16H22ClN3/c1-4-10-20-16(14(17)11-19-20)15(18-3)13-8-6-12(5-2)7-9-13/h6-9,11,15,18H,4-5,10H2,1-3H3. The lowest BCUT2D eigenvalue weighted by Gasteiger charge is -2.19. The maximum absolute atomic E-state index is 6.34. The normalized spacial score (nSPS) is 12.6. The number of benzene rings is 1. The van der Waals surface area contributed by atoms with Gasteiger partial charge in [0.05, 0.1) is 23.0 Å². The van der Waals surface area contributed by atoms with Crippen molar-refractivity contribution in [3.05, 3.63) is 52.3 Å². The van der Waals surface area contributed by atoms with Crippen LogP contribution >= 0.6 is 11.6 Å². The van der Waals surface area contributed by atoms with Crippen molar-refractivity contribution in [3.63, 3.8) is 0 Å². The van der Waals surface area contributed by atoms with Crippen LogP contribution in [0.1, 0.15) is 43.1 Å². The number of hydrogen-bond acceptors (Lipinski definition) is 2. The minimum Gasteiger partial charge on any atom is -0.308 e. The number of aryl methyl sites for hydroxylation is 2. The SMILES string of the molecule is CCCn1ncc(Cl)c1C(NC)c1ccc(CC)cc1. The fourth-order valence-electron chi connectivity index (χ4n) is 2.46. The predicted molar refractivity (Wildman–Crippen MR) is 84.3 cm³/mol. The Bertz CT molecular complexity index is 545. The zero-order valence-corrected chi connectivity index (χ0v) is 13.1. The third kappa shape index (κ3) is 3.05. The van der Waals surface area contributed by atoms with Gasteiger partial charge in [-0.05, 0) is 31.0 Å². The highest BCUT2D eigenvalue weighted by molar-refractivity contribution is 6.31. The summed E-state index contributed by atoms with van der Waals surface area (Å²) in [6.07, 6.45) is 3.83. The van der Waals surface area contributed by atoms with E-state index in [0.29, 0.717) is 0 Å². The molecule has 0 amide bonds. The average Bonchev–Trinajstić information content (AvgIpc) is 2.83. The Labute approximate surface area is 126 Å². The van der Waals surface area contributed by atoms with Crippen molar-refractivity contribution in [3.8, 4) is 0 Å². The first-order valence-corrected chi connectivity index (χ1v) is 7.56. The van der Waals surface area contributed by atoms with E-state index in [4.69, 9.17) is 11.6 Å². The Morgan fingerprint density at radius 2 is 1.95 bits per heavy atom. The topological polar surface area (TPSA) is 29.9 Å². The van der Waals surface area contributed by atoms with Gasteiger partial charge in [-0.25, -0.2) is 0 Å². The van der Waals surface area contributed by atoms with E-state index in [2.05, 4.69) is 48.5 Å². The molecule has 0 saturated carbocycles. The minimum absolute atomic E-state index is 0.0717. The largest absolute Gasteiger partial charge is 0.308 e. The van der Waals surface area contributed by atoms with Gasteiger partial charge in [0.15, 0.2) is 0 Å². The molecule has 20 heavy (non-hydrogen) atoms. The molecule has 1 aromatic carbocycles. The highest BCUT2D eigenvalue weighted by atomic mass is 35.5. The molecule has 0 aliphatic rings. The van der Waals surface area contributed by atoms with E-state index < -0.39 is 0 Å². The second-order valence-corrected chi connectivity index (χ2v) is 5.32. The van der Waals surface area contributed by atoms with Gasteiger partial charge in [-0.3, -0.25) is 4.68 Å². The van der Waals surface area contributed by atoms with Crippen molar-refractivity contribution >= 4 is 11.6 Å². The first-order valence-electron chi connectivity index (χ1n) is 7.18. The van der Waals surface area contributed by atoms with Crippen LogP contribution < -0.4 is 5.32 Å². The molecule has 0 aliphatic heterocycles. The number of nitrogens with one attached hydrogen (secondary N) is 1. The summed E-state index contributed by atoms with van der Waals surface area (Å²) in [5, 5.41) is 8.45. The summed E-state index contributed by atoms with van der Waals surface area (Å²) in [5.74, 6) is 0. The fourth-order valence-corrected chi connectivity index (χ4v) is 2.71. The van der Waals surface area contributed by atoms with Crippen molar-refractivity contribution < 1.29 is 0 Å². The maximum atomic E-state index is 6.34. The molecule has 1 unspecified atom stereocenters. The van der Waals surface area contributed by atoms with Crippen LogP contribution in [0.5, 0.6) is 0 Å². The second-order valence-electron chi connectivity index (χ2n) is 4.92. The van der Waals surface area contributed by atoms with Crippen molar-refractivity contribution in [1.29, 1.82) is 0 Å². The van der Waals surface area contributed by atoms with Crippen LogP contribution in [-0.2, 0) is 13.0 Å². The lowest BCUT2D eigenvalue weighted by Crippen LogP contribution is -2.22. The summed E-state index contributed by atoms with van der Waals surface area (Å²) in [5.41, 5.74) is 3.60. The highest BCUT2D eigenvalue weighted by Crippen LogP contribution is 2.28. The molecular formula is C16H22ClN3. The third-order valence-electron chi connectivity index (χ3n) is 3.55. The van der Waals surface area contributed by atoms with Crippen LogP contribution in [0.25, 0.3) is 0 Å². The zero-order chi connectivity index (χ0) is 14.5. The summed E-state index contributed by atoms with van der Waals surface area (Å²) in [6.45, 7) is 5.19. The lowest BCUT2D eigenvalue weighted by molar-refractivity contribution is 0.535. The molecule has 1 heterocycles. The average molecular weight is 292 g/mol. The Kier molecular flexibility index (Phi) is 5.21. The summed E-state index contributed by atoms with van der Waals surface area (Å²) < 4.78 is 2.00. The van der Waals surface area contributed by atoms with Crippen molar-refractivity contribution in [2.45, 2.75) is 39.3 Å². The highest BCUT2D eigenvalue weighted by Gasteiger charge is 2.20. The van der Waals surface area contributed by atoms with Crippen LogP contribution in [0.2, 0.25) is 5.02 Å². The van der Waals surface area contributed by atoms with Gasteiger partial charge in [0.25, 0.3) is 0 Å². The van der Waals surface area contributed by atoms with Gasteiger partial charge in [-0.2, -0.15) is 5.10 Å². The molecule has 3 nitrogen and oxygen atoms in total. The number of rotatable bonds is 6. The summed E-state index contributed by atoms with van der Waals surface area (Å²) in [6, 6.07) is 8.75. The van der Waals surface area contributed by atoms with Gasteiger partial charge < -0.3 is 5.32 Å². The van der Waals surface area contributed by atoms with Crippen LogP contribution in [-0.4, -0.2) is 16.8 Å². The quantitative estimate of drug-likeness (QED) is 0.877. The fraction of sp³-hybridized carbons (Fsp3) is 0.438. The Balaban J connectivity index is 2.38. The van der Waals surface area contributed by atoms with Gasteiger partial charge in [-0.1, -0.05) is 49.7 Å². The van der Waals surface area contributed by atoms with Gasteiger partial charge in [0.2, 0.25) is 0 Å². The van der Waals surface area contributed by atoms with E-state index in [1.807, 2.05) is 11.7 Å². The molecule has 108 valence electrons. The molecule has 1 atom stereocenters. The molecule has 0 radical (unpaired) electrons. The number of nitrogens with zero attached hydrogens (tertiary/aromatic N) is 2. The molecule has 1 aromatic heterocycles. The van der Waals surface area contributed by atoms with E-state index in [1.165, 1.54) is 11.1 Å². The summed E-state index contributed by atoms with van der Waals surface area (Å²) >= 11 is 6.34. The first kappa shape index (κ1) is 15.1. The van der Waals surface area contributed by atoms with E-state index in [9.17, 15) is 0 Å². The van der Waals surface area contributed by atoms with Gasteiger partial charge in [0, 0.05) is 6.54 Å². The van der Waals surface area contributed by atoms with E-state index in [-0.39, 0.29) is 6.04 Å². The molecule has 0 saturated heterocycles. The Hall–Kier alpha value is -1.32. The summed E-state index contributed by atoms with van der Waals surface area (Å²) in [7, 11) is 1.96. The molecule has 0 spiro atoms. The zero-order valence-electron chi connectivity index (χ0n) is 12.4. The number of halogens is 1. The van der Waals surface area contributed by atoms with Crippen molar-refractivity contribution in [1.82, 2.24) is 15.1 Å². The Morgan fingerprint density at radius 3 is 2.50 bits per heavy atom. The molecule has 2 rings (SSSR count). The predicted octanol–water partition coefficient (Wildman–Crippen LogP) is 3.82. The Morgan fingerprint density at radius 1 is 1.25 bits per heavy atom. The van der Waals surface area contributed by atoms with Crippen LogP contribution in [0.4, 0.5) is 0 Å². The van der Waals surface area contributed by atoms with E-state index >= 15 is 0 Å². The van der Waals surface area contributed by atoms with Crippen molar-refractivity contribution in [2.24, 2.45) is 0 Å². The molecule has 0 aliphatic carbocycles. The van der Waals surface area contributed by atoms with E-state index in [0.717, 1.165) is 30.1 Å². The van der Waals surface area contributed by atoms with E-state index in [1.54, 1.807) is 6.20 Å². The number of aromatic nitrogens is 2. The molecular weight excluding hydrogens is 270 g/mol. The van der Waals surface area contributed by atoms with Gasteiger partial charge in [0.1, 0.15) is 0 Å². The van der Waals surface area contributed by atoms with Gasteiger partial charge in [-0.15, -0.1) is 0 Å². The van der Waals surface area contributed by atoms with Crippen LogP contribution in [0.15, 0.2) is 30.5 Å². The monoisotopic (exact) mass is 291 g/mol. The number of hydrogen-bond donors (Lipinski definition) is 1. The molecule has 4 heteroatoms. The second kappa shape index (κ2) is 6.91. The molecule has 2 aromatic rings. The minimum atomic E-state index is 0.0717. The molecule has 1 N–H and O–H groups in total. The molecule has 0 bridgehead atoms. The smallest absolute Gasteiger partial charge is 0.0837 e. The summed E-state index contributed by atoms with van der Waals surface area (Å²) in [4.78, 5) is 0. The van der Waals surface area contributed by atoms with Crippen LogP contribution in [0, 0.1) is 0 Å². The van der Waals surface area contributed by atoms with Crippen LogP contribution in [0.3, 0.4) is 0 Å². The lowest BCUT2D eigenvalue weighted by atomic mass is 10.0. The first-order chi connectivity index (χ1) is 9.71. The third-order valence-corrected chi connectivity index (χ3v) is 3.84. The van der Waals surface area contributed by atoms with Gasteiger partial charge >= 0.3 is 0 Å². The molecule has 0 fully saturated rings.